The van der Waals surface area contributed by atoms with E-state index in [4.69, 9.17) is 0 Å². The monoisotopic (exact) mass is 349 g/mol. The number of aromatic nitrogens is 2. The number of carbonyl (C=O) groups is 1. The Bertz CT molecular complexity index is 710. The zero-order chi connectivity index (χ0) is 17.9. The van der Waals surface area contributed by atoms with Crippen LogP contribution in [0.15, 0.2) is 36.5 Å². The van der Waals surface area contributed by atoms with Crippen molar-refractivity contribution in [1.82, 2.24) is 15.1 Å². The smallest absolute Gasteiger partial charge is 0.309 e. The van der Waals surface area contributed by atoms with Crippen LogP contribution in [0.3, 0.4) is 0 Å². The molecule has 134 valence electrons. The van der Waals surface area contributed by atoms with Crippen molar-refractivity contribution in [3.63, 3.8) is 0 Å². The number of piperidine rings is 1. The summed E-state index contributed by atoms with van der Waals surface area (Å²) in [4.78, 5) is 13.6. The predicted octanol–water partition coefficient (Wildman–Crippen LogP) is 3.40. The molecule has 0 aliphatic carbocycles. The van der Waals surface area contributed by atoms with Gasteiger partial charge >= 0.3 is 5.97 Å². The molecule has 0 saturated carbocycles. The molecule has 0 unspecified atom stereocenters. The van der Waals surface area contributed by atoms with E-state index in [1.807, 2.05) is 30.3 Å². The van der Waals surface area contributed by atoms with Gasteiger partial charge in [0.1, 0.15) is 0 Å². The first kappa shape index (κ1) is 17.5. The van der Waals surface area contributed by atoms with Gasteiger partial charge in [0.05, 0.1) is 17.3 Å². The molecule has 1 aromatic carbocycles. The highest BCUT2D eigenvalue weighted by Gasteiger charge is 2.43. The fraction of sp³-hybridized carbons (Fsp3) is 0.444. The summed E-state index contributed by atoms with van der Waals surface area (Å²) in [6, 6.07) is 9.83. The third-order valence-electron chi connectivity index (χ3n) is 4.99. The van der Waals surface area contributed by atoms with E-state index in [1.165, 1.54) is 0 Å². The molecule has 1 aliphatic heterocycles. The number of alkyl halides is 2. The van der Waals surface area contributed by atoms with Gasteiger partial charge in [-0.1, -0.05) is 30.3 Å². The molecule has 5 nitrogen and oxygen atoms in total. The predicted molar refractivity (Wildman–Crippen MR) is 89.2 cm³/mol. The van der Waals surface area contributed by atoms with Gasteiger partial charge < -0.3 is 5.11 Å². The van der Waals surface area contributed by atoms with Crippen molar-refractivity contribution >= 4 is 5.97 Å². The Morgan fingerprint density at radius 1 is 1.28 bits per heavy atom. The number of benzene rings is 1. The van der Waals surface area contributed by atoms with Crippen LogP contribution in [0.2, 0.25) is 0 Å². The molecular weight excluding hydrogens is 328 g/mol. The van der Waals surface area contributed by atoms with Gasteiger partial charge in [-0.05, 0) is 31.5 Å². The summed E-state index contributed by atoms with van der Waals surface area (Å²) in [5.41, 5.74) is 1.68. The Balaban J connectivity index is 1.67. The van der Waals surface area contributed by atoms with Gasteiger partial charge in [0.2, 0.25) is 6.43 Å². The lowest BCUT2D eigenvalue weighted by molar-refractivity contribution is -0.155. The van der Waals surface area contributed by atoms with Gasteiger partial charge in [-0.15, -0.1) is 0 Å². The molecule has 1 fully saturated rings. The molecule has 2 aromatic rings. The van der Waals surface area contributed by atoms with Crippen LogP contribution < -0.4 is 0 Å². The van der Waals surface area contributed by atoms with Crippen molar-refractivity contribution in [1.29, 1.82) is 0 Å². The zero-order valence-corrected chi connectivity index (χ0v) is 13.8. The van der Waals surface area contributed by atoms with E-state index in [-0.39, 0.29) is 12.8 Å². The number of aliphatic carboxylic acids is 1. The van der Waals surface area contributed by atoms with Crippen LogP contribution in [0, 0.1) is 5.41 Å². The molecule has 3 rings (SSSR count). The SMILES string of the molecule is O=C(O)C1(CC(F)F)CCN(Cc2cn[nH]c2-c2ccccc2)CC1. The maximum atomic E-state index is 12.8. The molecule has 1 saturated heterocycles. The van der Waals surface area contributed by atoms with Crippen LogP contribution in [0.1, 0.15) is 24.8 Å². The quantitative estimate of drug-likeness (QED) is 0.839. The van der Waals surface area contributed by atoms with Gasteiger partial charge in [-0.2, -0.15) is 5.10 Å². The van der Waals surface area contributed by atoms with Crippen molar-refractivity contribution in [2.75, 3.05) is 13.1 Å². The molecule has 0 atom stereocenters. The Kier molecular flexibility index (Phi) is 5.13. The highest BCUT2D eigenvalue weighted by Crippen LogP contribution is 2.38. The van der Waals surface area contributed by atoms with E-state index >= 15 is 0 Å². The largest absolute Gasteiger partial charge is 0.481 e. The third kappa shape index (κ3) is 3.87. The summed E-state index contributed by atoms with van der Waals surface area (Å²) >= 11 is 0. The number of halogens is 2. The van der Waals surface area contributed by atoms with E-state index in [0.717, 1.165) is 16.8 Å². The summed E-state index contributed by atoms with van der Waals surface area (Å²) in [5.74, 6) is -1.11. The highest BCUT2D eigenvalue weighted by atomic mass is 19.3. The van der Waals surface area contributed by atoms with E-state index in [2.05, 4.69) is 15.1 Å². The van der Waals surface area contributed by atoms with Gasteiger partial charge in [0.25, 0.3) is 0 Å². The standard InChI is InChI=1S/C18H21F2N3O2/c19-15(20)10-18(17(24)25)6-8-23(9-7-18)12-14-11-21-22-16(14)13-4-2-1-3-5-13/h1-5,11,15H,6-10,12H2,(H,21,22)(H,24,25). The Hall–Kier alpha value is -2.28. The summed E-state index contributed by atoms with van der Waals surface area (Å²) in [7, 11) is 0. The number of carboxylic acid groups (broad SMARTS) is 1. The van der Waals surface area contributed by atoms with E-state index < -0.39 is 24.2 Å². The van der Waals surface area contributed by atoms with Crippen molar-refractivity contribution < 1.29 is 18.7 Å². The first-order valence-electron chi connectivity index (χ1n) is 8.32. The average Bonchev–Trinajstić information content (AvgIpc) is 3.05. The van der Waals surface area contributed by atoms with Gasteiger partial charge in [0.15, 0.2) is 0 Å². The van der Waals surface area contributed by atoms with Crippen LogP contribution in [0.5, 0.6) is 0 Å². The Labute approximate surface area is 144 Å². The number of rotatable bonds is 6. The lowest BCUT2D eigenvalue weighted by Crippen LogP contribution is -2.45. The van der Waals surface area contributed by atoms with Crippen molar-refractivity contribution in [2.24, 2.45) is 5.41 Å². The summed E-state index contributed by atoms with van der Waals surface area (Å²) in [6.45, 7) is 1.59. The second-order valence-electron chi connectivity index (χ2n) is 6.59. The molecule has 25 heavy (non-hydrogen) atoms. The molecule has 1 aliphatic rings. The minimum Gasteiger partial charge on any atom is -0.481 e. The van der Waals surface area contributed by atoms with E-state index in [9.17, 15) is 18.7 Å². The van der Waals surface area contributed by atoms with Crippen LogP contribution in [0.25, 0.3) is 11.3 Å². The van der Waals surface area contributed by atoms with Crippen molar-refractivity contribution in [3.05, 3.63) is 42.1 Å². The Morgan fingerprint density at radius 3 is 2.56 bits per heavy atom. The van der Waals surface area contributed by atoms with E-state index in [1.54, 1.807) is 6.20 Å². The molecule has 0 amide bonds. The van der Waals surface area contributed by atoms with Crippen molar-refractivity contribution in [3.8, 4) is 11.3 Å². The molecule has 0 radical (unpaired) electrons. The molecule has 0 bridgehead atoms. The first-order chi connectivity index (χ1) is 12.0. The fourth-order valence-corrected chi connectivity index (χ4v) is 3.47. The highest BCUT2D eigenvalue weighted by molar-refractivity contribution is 5.74. The lowest BCUT2D eigenvalue weighted by Gasteiger charge is -2.38. The summed E-state index contributed by atoms with van der Waals surface area (Å²) < 4.78 is 25.6. The molecule has 1 aromatic heterocycles. The minimum absolute atomic E-state index is 0.241. The second kappa shape index (κ2) is 7.31. The number of aromatic amines is 1. The number of nitrogens with one attached hydrogen (secondary N) is 1. The van der Waals surface area contributed by atoms with Gasteiger partial charge in [0, 0.05) is 18.5 Å². The fourth-order valence-electron chi connectivity index (χ4n) is 3.47. The Morgan fingerprint density at radius 2 is 1.96 bits per heavy atom. The molecule has 2 heterocycles. The maximum Gasteiger partial charge on any atom is 0.309 e. The number of hydrogen-bond donors (Lipinski definition) is 2. The molecule has 0 spiro atoms. The number of nitrogens with zero attached hydrogens (tertiary/aromatic N) is 2. The number of H-pyrrole nitrogens is 1. The van der Waals surface area contributed by atoms with Crippen LogP contribution in [-0.2, 0) is 11.3 Å². The molecule has 2 N–H and O–H groups in total. The number of hydrogen-bond acceptors (Lipinski definition) is 3. The average molecular weight is 349 g/mol. The molecule has 7 heteroatoms. The number of likely N-dealkylation sites (tertiary alicyclic amines) is 1. The first-order valence-corrected chi connectivity index (χ1v) is 8.32. The van der Waals surface area contributed by atoms with Crippen LogP contribution in [0.4, 0.5) is 8.78 Å². The number of carboxylic acids is 1. The zero-order valence-electron chi connectivity index (χ0n) is 13.8. The third-order valence-corrected chi connectivity index (χ3v) is 4.99. The van der Waals surface area contributed by atoms with Gasteiger partial charge in [-0.25, -0.2) is 8.78 Å². The topological polar surface area (TPSA) is 69.2 Å². The van der Waals surface area contributed by atoms with Gasteiger partial charge in [-0.3, -0.25) is 14.8 Å². The maximum absolute atomic E-state index is 12.8. The summed E-state index contributed by atoms with van der Waals surface area (Å²) in [5, 5.41) is 16.5. The summed E-state index contributed by atoms with van der Waals surface area (Å²) in [6.07, 6.45) is -0.921. The normalized spacial score (nSPS) is 17.7. The minimum atomic E-state index is -2.60. The molecular formula is C18H21F2N3O2. The van der Waals surface area contributed by atoms with Crippen LogP contribution in [-0.4, -0.2) is 45.7 Å². The van der Waals surface area contributed by atoms with Crippen molar-refractivity contribution in [2.45, 2.75) is 32.2 Å². The second-order valence-corrected chi connectivity index (χ2v) is 6.59. The van der Waals surface area contributed by atoms with Crippen LogP contribution >= 0.6 is 0 Å². The van der Waals surface area contributed by atoms with E-state index in [0.29, 0.717) is 19.6 Å². The lowest BCUT2D eigenvalue weighted by atomic mass is 9.75.